The van der Waals surface area contributed by atoms with Crippen molar-refractivity contribution in [1.29, 1.82) is 0 Å². The van der Waals surface area contributed by atoms with Crippen molar-refractivity contribution in [3.8, 4) is 0 Å². The van der Waals surface area contributed by atoms with Gasteiger partial charge in [-0.2, -0.15) is 0 Å². The van der Waals surface area contributed by atoms with E-state index in [0.29, 0.717) is 5.92 Å². The molecule has 0 bridgehead atoms. The first-order valence-corrected chi connectivity index (χ1v) is 11.2. The van der Waals surface area contributed by atoms with Gasteiger partial charge < -0.3 is 5.32 Å². The average molecular weight is 304 g/mol. The van der Waals surface area contributed by atoms with Gasteiger partial charge in [0, 0.05) is 21.0 Å². The van der Waals surface area contributed by atoms with Crippen molar-refractivity contribution in [3.05, 3.63) is 36.1 Å². The minimum atomic E-state index is -0.598. The van der Waals surface area contributed by atoms with E-state index in [1.165, 1.54) is 61.2 Å². The third-order valence-corrected chi connectivity index (χ3v) is 9.94. The van der Waals surface area contributed by atoms with Crippen LogP contribution in [-0.2, 0) is 0 Å². The molecule has 0 aromatic carbocycles. The quantitative estimate of drug-likeness (QED) is 0.649. The smallest absolute Gasteiger partial charge is 0.0419 e. The predicted molar refractivity (Wildman–Crippen MR) is 97.3 cm³/mol. The highest BCUT2D eigenvalue weighted by Gasteiger charge is 2.31. The van der Waals surface area contributed by atoms with Gasteiger partial charge in [-0.1, -0.05) is 58.5 Å². The van der Waals surface area contributed by atoms with Crippen LogP contribution >= 0.6 is 0 Å². The fraction of sp³-hybridized carbons (Fsp3) is 0.684. The monoisotopic (exact) mass is 303 g/mol. The summed E-state index contributed by atoms with van der Waals surface area (Å²) < 4.78 is 0. The summed E-state index contributed by atoms with van der Waals surface area (Å²) in [7, 11) is -0.598. The highest BCUT2D eigenvalue weighted by Crippen LogP contribution is 2.40. The van der Waals surface area contributed by atoms with Crippen LogP contribution in [0, 0.1) is 11.8 Å². The van der Waals surface area contributed by atoms with Crippen molar-refractivity contribution in [1.82, 2.24) is 5.32 Å². The van der Waals surface area contributed by atoms with E-state index in [1.54, 1.807) is 0 Å². The summed E-state index contributed by atoms with van der Waals surface area (Å²) in [6, 6.07) is 2.84. The third kappa shape index (κ3) is 3.53. The topological polar surface area (TPSA) is 12.0 Å². The highest BCUT2D eigenvalue weighted by molar-refractivity contribution is 6.60. The Kier molecular flexibility index (Phi) is 5.92. The van der Waals surface area contributed by atoms with Crippen LogP contribution in [0.2, 0.25) is 17.6 Å². The molecule has 1 aliphatic heterocycles. The van der Waals surface area contributed by atoms with Crippen molar-refractivity contribution in [2.75, 3.05) is 6.54 Å². The van der Waals surface area contributed by atoms with Crippen molar-refractivity contribution in [2.24, 2.45) is 11.8 Å². The maximum absolute atomic E-state index is 4.43. The first kappa shape index (κ1) is 16.6. The van der Waals surface area contributed by atoms with Gasteiger partial charge in [0.1, 0.15) is 0 Å². The van der Waals surface area contributed by atoms with Gasteiger partial charge in [0.2, 0.25) is 0 Å². The third-order valence-electron chi connectivity index (χ3n) is 6.03. The molecule has 2 rings (SSSR count). The normalized spacial score (nSPS) is 24.5. The maximum atomic E-state index is 4.43. The van der Waals surface area contributed by atoms with Gasteiger partial charge in [-0.05, 0) is 47.8 Å². The molecule has 0 saturated heterocycles. The molecule has 1 heterocycles. The summed E-state index contributed by atoms with van der Waals surface area (Å²) in [5, 5.41) is 3.75. The standard InChI is InChI=1S/C19H33NSi/c1-6-16-12-18(21(7-2)8-3)13-20-19(16)15(5)14(4)17-10-9-11-17/h6,14,17-18,20-21H,1,5,7-13H2,2-4H3/t14?,18-/m1/s1. The zero-order valence-corrected chi connectivity index (χ0v) is 15.4. The Hall–Kier alpha value is -0.763. The van der Waals surface area contributed by atoms with Crippen molar-refractivity contribution >= 4 is 8.80 Å². The number of rotatable bonds is 7. The van der Waals surface area contributed by atoms with Crippen LogP contribution in [0.4, 0.5) is 0 Å². The zero-order valence-electron chi connectivity index (χ0n) is 14.3. The fourth-order valence-electron chi connectivity index (χ4n) is 4.05. The van der Waals surface area contributed by atoms with Gasteiger partial charge in [0.15, 0.2) is 0 Å². The predicted octanol–water partition coefficient (Wildman–Crippen LogP) is 5.05. The van der Waals surface area contributed by atoms with Crippen LogP contribution in [0.25, 0.3) is 0 Å². The van der Waals surface area contributed by atoms with Crippen LogP contribution < -0.4 is 5.32 Å². The van der Waals surface area contributed by atoms with Crippen molar-refractivity contribution in [2.45, 2.75) is 64.1 Å². The molecule has 0 amide bonds. The lowest BCUT2D eigenvalue weighted by atomic mass is 9.73. The summed E-state index contributed by atoms with van der Waals surface area (Å²) in [5.74, 6) is 1.49. The second-order valence-electron chi connectivity index (χ2n) is 7.03. The lowest BCUT2D eigenvalue weighted by Gasteiger charge is -2.37. The molecule has 2 aliphatic rings. The van der Waals surface area contributed by atoms with E-state index in [4.69, 9.17) is 0 Å². The first-order chi connectivity index (χ1) is 10.1. The number of hydrogen-bond acceptors (Lipinski definition) is 1. The van der Waals surface area contributed by atoms with E-state index in [1.807, 2.05) is 0 Å². The highest BCUT2D eigenvalue weighted by atomic mass is 28.3. The Bertz CT molecular complexity index is 415. The first-order valence-electron chi connectivity index (χ1n) is 8.90. The molecule has 0 radical (unpaired) electrons. The molecule has 1 nitrogen and oxygen atoms in total. The summed E-state index contributed by atoms with van der Waals surface area (Å²) in [6.07, 6.45) is 7.51. The molecule has 0 aromatic heterocycles. The Morgan fingerprint density at radius 1 is 1.38 bits per heavy atom. The zero-order chi connectivity index (χ0) is 15.4. The molecule has 0 spiro atoms. The Morgan fingerprint density at radius 3 is 2.52 bits per heavy atom. The van der Waals surface area contributed by atoms with E-state index in [0.717, 1.165) is 11.5 Å². The van der Waals surface area contributed by atoms with Crippen molar-refractivity contribution < 1.29 is 0 Å². The Balaban J connectivity index is 2.10. The Morgan fingerprint density at radius 2 is 2.05 bits per heavy atom. The van der Waals surface area contributed by atoms with E-state index in [-0.39, 0.29) is 0 Å². The summed E-state index contributed by atoms with van der Waals surface area (Å²) in [6.45, 7) is 16.8. The lowest BCUT2D eigenvalue weighted by Crippen LogP contribution is -2.35. The maximum Gasteiger partial charge on any atom is 0.0419 e. The molecule has 1 unspecified atom stereocenters. The van der Waals surface area contributed by atoms with Crippen LogP contribution in [-0.4, -0.2) is 15.3 Å². The molecular formula is C19H33NSi. The molecule has 0 aromatic rings. The second kappa shape index (κ2) is 7.48. The molecule has 2 atom stereocenters. The second-order valence-corrected chi connectivity index (χ2v) is 11.1. The van der Waals surface area contributed by atoms with E-state index in [2.05, 4.69) is 45.3 Å². The van der Waals surface area contributed by atoms with Crippen LogP contribution in [0.15, 0.2) is 36.1 Å². The van der Waals surface area contributed by atoms with E-state index < -0.39 is 8.80 Å². The van der Waals surface area contributed by atoms with Crippen LogP contribution in [0.3, 0.4) is 0 Å². The van der Waals surface area contributed by atoms with Crippen molar-refractivity contribution in [3.63, 3.8) is 0 Å². The van der Waals surface area contributed by atoms with E-state index in [9.17, 15) is 0 Å². The average Bonchev–Trinajstić information content (AvgIpc) is 2.45. The van der Waals surface area contributed by atoms with E-state index >= 15 is 0 Å². The van der Waals surface area contributed by atoms with Gasteiger partial charge in [0.05, 0.1) is 0 Å². The van der Waals surface area contributed by atoms with Gasteiger partial charge in [-0.25, -0.2) is 0 Å². The summed E-state index contributed by atoms with van der Waals surface area (Å²) >= 11 is 0. The molecule has 1 fully saturated rings. The molecule has 1 saturated carbocycles. The number of allylic oxidation sites excluding steroid dienone is 3. The number of nitrogens with one attached hydrogen (secondary N) is 1. The minimum Gasteiger partial charge on any atom is -0.385 e. The minimum absolute atomic E-state index is 0.598. The molecule has 118 valence electrons. The largest absolute Gasteiger partial charge is 0.385 e. The molecule has 1 aliphatic carbocycles. The fourth-order valence-corrected chi connectivity index (χ4v) is 7.00. The summed E-state index contributed by atoms with van der Waals surface area (Å²) in [4.78, 5) is 0. The molecule has 21 heavy (non-hydrogen) atoms. The lowest BCUT2D eigenvalue weighted by molar-refractivity contribution is 0.247. The van der Waals surface area contributed by atoms with Crippen LogP contribution in [0.1, 0.15) is 46.5 Å². The Labute approximate surface area is 133 Å². The SMILES string of the molecule is C=CC1=C(C(=C)C(C)C2CCC2)NC[C@H]([SiH](CC)CC)C1. The number of hydrogen-bond donors (Lipinski definition) is 1. The molecular weight excluding hydrogens is 270 g/mol. The molecule has 1 N–H and O–H groups in total. The van der Waals surface area contributed by atoms with Gasteiger partial charge >= 0.3 is 0 Å². The van der Waals surface area contributed by atoms with Gasteiger partial charge in [-0.15, -0.1) is 0 Å². The summed E-state index contributed by atoms with van der Waals surface area (Å²) in [5.41, 5.74) is 4.99. The van der Waals surface area contributed by atoms with Gasteiger partial charge in [-0.3, -0.25) is 0 Å². The molecule has 2 heteroatoms. The van der Waals surface area contributed by atoms with Gasteiger partial charge in [0.25, 0.3) is 0 Å². The van der Waals surface area contributed by atoms with Crippen LogP contribution in [0.5, 0.6) is 0 Å².